The van der Waals surface area contributed by atoms with Gasteiger partial charge in [-0.15, -0.1) is 0 Å². The van der Waals surface area contributed by atoms with Crippen molar-refractivity contribution in [2.75, 3.05) is 33.2 Å². The van der Waals surface area contributed by atoms with Gasteiger partial charge in [-0.2, -0.15) is 0 Å². The van der Waals surface area contributed by atoms with Crippen molar-refractivity contribution in [3.8, 4) is 11.1 Å². The lowest BCUT2D eigenvalue weighted by molar-refractivity contribution is -0.128. The van der Waals surface area contributed by atoms with Crippen LogP contribution in [-0.4, -0.2) is 62.6 Å². The van der Waals surface area contributed by atoms with Crippen molar-refractivity contribution in [1.29, 1.82) is 0 Å². The van der Waals surface area contributed by atoms with Crippen LogP contribution in [0, 0.1) is 0 Å². The summed E-state index contributed by atoms with van der Waals surface area (Å²) in [5.74, 6) is 0.748. The molecule has 0 atom stereocenters. The lowest BCUT2D eigenvalue weighted by atomic mass is 10.1. The molecule has 192 valence electrons. The molecule has 4 rings (SSSR count). The van der Waals surface area contributed by atoms with E-state index in [0.717, 1.165) is 41.2 Å². The second-order valence-corrected chi connectivity index (χ2v) is 10.9. The predicted octanol–water partition coefficient (Wildman–Crippen LogP) is 3.93. The van der Waals surface area contributed by atoms with Crippen LogP contribution in [0.15, 0.2) is 102 Å². The van der Waals surface area contributed by atoms with E-state index in [9.17, 15) is 13.2 Å². The fraction of sp³-hybridized carbons (Fsp3) is 0.241. The molecule has 8 heteroatoms. The number of carbonyl (C=O) groups excluding carboxylic acids is 1. The van der Waals surface area contributed by atoms with Crippen LogP contribution in [0.2, 0.25) is 0 Å². The lowest BCUT2D eigenvalue weighted by Gasteiger charge is -2.21. The Morgan fingerprint density at radius 1 is 0.946 bits per heavy atom. The highest BCUT2D eigenvalue weighted by Crippen LogP contribution is 2.22. The van der Waals surface area contributed by atoms with Crippen molar-refractivity contribution >= 4 is 21.8 Å². The van der Waals surface area contributed by atoms with Crippen LogP contribution < -0.4 is 5.32 Å². The van der Waals surface area contributed by atoms with Crippen LogP contribution >= 0.6 is 0 Å². The summed E-state index contributed by atoms with van der Waals surface area (Å²) in [5, 5.41) is 3.26. The predicted molar refractivity (Wildman–Crippen MR) is 148 cm³/mol. The number of amides is 1. The number of hydrogen-bond donors (Lipinski definition) is 1. The molecule has 0 aromatic heterocycles. The smallest absolute Gasteiger partial charge is 0.242 e. The van der Waals surface area contributed by atoms with E-state index in [1.165, 1.54) is 17.6 Å². The number of amidine groups is 1. The lowest BCUT2D eigenvalue weighted by Crippen LogP contribution is -2.33. The monoisotopic (exact) mass is 516 g/mol. The zero-order valence-corrected chi connectivity index (χ0v) is 21.8. The molecule has 7 nitrogen and oxygen atoms in total. The number of benzene rings is 3. The molecule has 1 amide bonds. The van der Waals surface area contributed by atoms with Crippen LogP contribution in [0.5, 0.6) is 0 Å². The van der Waals surface area contributed by atoms with E-state index in [2.05, 4.69) is 16.9 Å². The number of rotatable bonds is 11. The minimum Gasteiger partial charge on any atom is -0.368 e. The van der Waals surface area contributed by atoms with Gasteiger partial charge in [0.2, 0.25) is 15.9 Å². The van der Waals surface area contributed by atoms with E-state index < -0.39 is 10.0 Å². The largest absolute Gasteiger partial charge is 0.368 e. The summed E-state index contributed by atoms with van der Waals surface area (Å²) in [4.78, 5) is 19.0. The molecule has 1 heterocycles. The van der Waals surface area contributed by atoms with Crippen LogP contribution in [0.4, 0.5) is 0 Å². The third kappa shape index (κ3) is 6.53. The average molecular weight is 517 g/mol. The number of aliphatic imine (C=N–C) groups is 1. The first-order chi connectivity index (χ1) is 17.9. The molecule has 37 heavy (non-hydrogen) atoms. The molecule has 0 unspecified atom stereocenters. The minimum absolute atomic E-state index is 0.0638. The Bertz CT molecular complexity index is 1350. The van der Waals surface area contributed by atoms with Crippen molar-refractivity contribution in [3.05, 3.63) is 103 Å². The molecule has 0 spiro atoms. The van der Waals surface area contributed by atoms with Gasteiger partial charge in [-0.25, -0.2) is 12.7 Å². The fourth-order valence-electron chi connectivity index (χ4n) is 4.13. The minimum atomic E-state index is -3.71. The SMILES string of the molecule is C=CN(CCc1ccc(C2=NCCN2)cc1)C(=O)CCN(C)S(=O)(=O)c1ccc(-c2ccccc2)cc1. The Hall–Kier alpha value is -3.75. The number of carbonyl (C=O) groups is 1. The zero-order valence-electron chi connectivity index (χ0n) is 21.0. The summed E-state index contributed by atoms with van der Waals surface area (Å²) >= 11 is 0. The van der Waals surface area contributed by atoms with E-state index in [1.807, 2.05) is 54.6 Å². The summed E-state index contributed by atoms with van der Waals surface area (Å²) in [6.45, 7) is 5.98. The van der Waals surface area contributed by atoms with E-state index in [4.69, 9.17) is 0 Å². The molecule has 1 aliphatic heterocycles. The molecular formula is C29H32N4O3S. The van der Waals surface area contributed by atoms with Gasteiger partial charge in [0.15, 0.2) is 0 Å². The molecule has 3 aromatic carbocycles. The fourth-order valence-corrected chi connectivity index (χ4v) is 5.31. The van der Waals surface area contributed by atoms with Crippen molar-refractivity contribution in [3.63, 3.8) is 0 Å². The van der Waals surface area contributed by atoms with Gasteiger partial charge in [0, 0.05) is 38.7 Å². The maximum atomic E-state index is 13.0. The molecule has 0 fully saturated rings. The Kier molecular flexibility index (Phi) is 8.53. The third-order valence-electron chi connectivity index (χ3n) is 6.39. The normalized spacial score (nSPS) is 13.2. The summed E-state index contributed by atoms with van der Waals surface area (Å²) in [6.07, 6.45) is 2.23. The second kappa shape index (κ2) is 12.0. The Morgan fingerprint density at radius 2 is 1.59 bits per heavy atom. The van der Waals surface area contributed by atoms with E-state index in [1.54, 1.807) is 29.2 Å². The van der Waals surface area contributed by atoms with E-state index >= 15 is 0 Å². The number of sulfonamides is 1. The highest BCUT2D eigenvalue weighted by atomic mass is 32.2. The number of hydrogen-bond acceptors (Lipinski definition) is 5. The quantitative estimate of drug-likeness (QED) is 0.419. The first-order valence-corrected chi connectivity index (χ1v) is 13.7. The summed E-state index contributed by atoms with van der Waals surface area (Å²) in [5.41, 5.74) is 4.11. The number of nitrogens with one attached hydrogen (secondary N) is 1. The van der Waals surface area contributed by atoms with Crippen LogP contribution in [0.25, 0.3) is 11.1 Å². The topological polar surface area (TPSA) is 82.1 Å². The number of nitrogens with zero attached hydrogens (tertiary/aromatic N) is 3. The molecule has 0 saturated carbocycles. The van der Waals surface area contributed by atoms with Gasteiger partial charge < -0.3 is 10.2 Å². The Morgan fingerprint density at radius 3 is 2.22 bits per heavy atom. The molecule has 0 bridgehead atoms. The maximum absolute atomic E-state index is 13.0. The molecule has 1 N–H and O–H groups in total. The van der Waals surface area contributed by atoms with Crippen molar-refractivity contribution in [1.82, 2.24) is 14.5 Å². The first-order valence-electron chi connectivity index (χ1n) is 12.3. The van der Waals surface area contributed by atoms with Crippen molar-refractivity contribution in [2.24, 2.45) is 4.99 Å². The standard InChI is InChI=1S/C29H32N4O3S/c1-3-33(22-17-23-9-11-26(12-10-23)29-30-19-20-31-29)28(34)18-21-32(2)37(35,36)27-15-13-25(14-16-27)24-7-5-4-6-8-24/h3-16H,1,17-22H2,2H3,(H,30,31). The molecule has 3 aromatic rings. The second-order valence-electron chi connectivity index (χ2n) is 8.84. The molecule has 0 aliphatic carbocycles. The third-order valence-corrected chi connectivity index (χ3v) is 8.26. The van der Waals surface area contributed by atoms with E-state index in [-0.39, 0.29) is 23.8 Å². The zero-order chi connectivity index (χ0) is 26.3. The Balaban J connectivity index is 1.30. The highest BCUT2D eigenvalue weighted by Gasteiger charge is 2.22. The average Bonchev–Trinajstić information content (AvgIpc) is 3.48. The van der Waals surface area contributed by atoms with Gasteiger partial charge in [-0.05, 0) is 41.4 Å². The van der Waals surface area contributed by atoms with E-state index in [0.29, 0.717) is 13.0 Å². The maximum Gasteiger partial charge on any atom is 0.242 e. The summed E-state index contributed by atoms with van der Waals surface area (Å²) in [7, 11) is -2.21. The summed E-state index contributed by atoms with van der Waals surface area (Å²) in [6, 6.07) is 24.7. The van der Waals surface area contributed by atoms with Gasteiger partial charge in [0.25, 0.3) is 0 Å². The van der Waals surface area contributed by atoms with Gasteiger partial charge in [0.1, 0.15) is 5.84 Å². The van der Waals surface area contributed by atoms with Gasteiger partial charge >= 0.3 is 0 Å². The van der Waals surface area contributed by atoms with Gasteiger partial charge in [-0.1, -0.05) is 73.3 Å². The van der Waals surface area contributed by atoms with Gasteiger partial charge in [-0.3, -0.25) is 9.79 Å². The summed E-state index contributed by atoms with van der Waals surface area (Å²) < 4.78 is 27.3. The van der Waals surface area contributed by atoms with Crippen molar-refractivity contribution < 1.29 is 13.2 Å². The highest BCUT2D eigenvalue weighted by molar-refractivity contribution is 7.89. The van der Waals surface area contributed by atoms with Gasteiger partial charge in [0.05, 0.1) is 11.4 Å². The molecule has 0 saturated heterocycles. The van der Waals surface area contributed by atoms with Crippen LogP contribution in [0.3, 0.4) is 0 Å². The molecular weight excluding hydrogens is 484 g/mol. The first kappa shape index (κ1) is 26.3. The van der Waals surface area contributed by atoms with Crippen LogP contribution in [-0.2, 0) is 21.2 Å². The molecule has 0 radical (unpaired) electrons. The Labute approximate surface area is 219 Å². The van der Waals surface area contributed by atoms with Crippen LogP contribution in [0.1, 0.15) is 17.5 Å². The molecule has 1 aliphatic rings. The van der Waals surface area contributed by atoms with Crippen molar-refractivity contribution in [2.45, 2.75) is 17.7 Å².